The molecule has 0 saturated heterocycles. The number of aliphatic hydroxyl groups is 6. The van der Waals surface area contributed by atoms with Crippen molar-refractivity contribution in [2.75, 3.05) is 0 Å². The number of carboxylic acid groups (broad SMARTS) is 3. The van der Waals surface area contributed by atoms with Crippen molar-refractivity contribution < 1.29 is 77.4 Å². The maximum Gasteiger partial charge on any atom is 3.00 e. The second kappa shape index (κ2) is 26.0. The third-order valence-corrected chi connectivity index (χ3v) is 30.7. The average molecular weight is 1230 g/mol. The van der Waals surface area contributed by atoms with E-state index in [-0.39, 0.29) is 105 Å². The molecule has 85 heavy (non-hydrogen) atoms. The van der Waals surface area contributed by atoms with Crippen LogP contribution in [0.25, 0.3) is 0 Å². The number of carbonyl (C=O) groups excluding carboxylic acids is 3. The SMILES string of the molecule is C[C@H](CCC(=O)[O-])[C@H]1CCC2C3C(CC[C@@]21C)[C@@]1(C)CC[C@@H](O)CC1C[C@H]3O.C[C@H](CCC(=O)[O-])[C@H]1CCC2C3C(CC[C@@]21C)[C@@]1(C)CC[C@@H](O)CC1C[C@H]3O.C[C@H](CCC(=O)[O-])[C@H]1CCC2C3C(CC[C@@]21C)[C@@]1(C)CC[C@@H](O)CC1C[C@H]3O.[Fe+3]. The summed E-state index contributed by atoms with van der Waals surface area (Å²) < 4.78 is 0. The molecule has 0 spiro atoms. The number of hydrogen-bond donors (Lipinski definition) is 6. The fraction of sp³-hybridized carbons (Fsp3) is 0.958. The Kier molecular flexibility index (Phi) is 20.8. The minimum absolute atomic E-state index is 0. The Labute approximate surface area is 523 Å². The summed E-state index contributed by atoms with van der Waals surface area (Å²) in [5.41, 5.74) is 1.48. The van der Waals surface area contributed by atoms with Crippen molar-refractivity contribution in [1.29, 1.82) is 0 Å². The zero-order valence-corrected chi connectivity index (χ0v) is 55.2. The van der Waals surface area contributed by atoms with Crippen LogP contribution in [0.4, 0.5) is 0 Å². The van der Waals surface area contributed by atoms with Gasteiger partial charge in [0.25, 0.3) is 0 Å². The number of carboxylic acids is 3. The van der Waals surface area contributed by atoms with E-state index in [1.807, 2.05) is 0 Å². The van der Waals surface area contributed by atoms with Crippen LogP contribution in [-0.2, 0) is 31.5 Å². The normalized spacial score (nSPS) is 51.1. The summed E-state index contributed by atoms with van der Waals surface area (Å²) in [4.78, 5) is 32.8. The number of aliphatic carboxylic acids is 3. The fourth-order valence-corrected chi connectivity index (χ4v) is 26.2. The van der Waals surface area contributed by atoms with E-state index >= 15 is 0 Å². The molecule has 0 aromatic heterocycles. The molecular weight excluding hydrogens is 1110 g/mol. The van der Waals surface area contributed by atoms with Crippen LogP contribution in [0.5, 0.6) is 0 Å². The van der Waals surface area contributed by atoms with Gasteiger partial charge in [-0.3, -0.25) is 0 Å². The third kappa shape index (κ3) is 12.4. The van der Waals surface area contributed by atoms with E-state index in [1.54, 1.807) is 0 Å². The average Bonchev–Trinajstić information content (AvgIpc) is 1.82. The van der Waals surface area contributed by atoms with Gasteiger partial charge >= 0.3 is 17.1 Å². The van der Waals surface area contributed by atoms with Gasteiger partial charge < -0.3 is 60.3 Å². The fourth-order valence-electron chi connectivity index (χ4n) is 26.2. The van der Waals surface area contributed by atoms with Crippen LogP contribution in [0.2, 0.25) is 0 Å². The predicted molar refractivity (Wildman–Crippen MR) is 318 cm³/mol. The summed E-state index contributed by atoms with van der Waals surface area (Å²) in [5.74, 6) is 5.98. The van der Waals surface area contributed by atoms with E-state index in [4.69, 9.17) is 0 Å². The molecule has 6 N–H and O–H groups in total. The minimum Gasteiger partial charge on any atom is -0.550 e. The smallest absolute Gasteiger partial charge is 0.550 e. The van der Waals surface area contributed by atoms with Gasteiger partial charge in [0.2, 0.25) is 0 Å². The summed E-state index contributed by atoms with van der Waals surface area (Å²) >= 11 is 0. The molecule has 0 amide bonds. The molecule has 0 bridgehead atoms. The minimum atomic E-state index is -0.934. The van der Waals surface area contributed by atoms with Gasteiger partial charge in [-0.2, -0.15) is 0 Å². The first kappa shape index (κ1) is 68.1. The quantitative estimate of drug-likeness (QED) is 0.100. The van der Waals surface area contributed by atoms with Gasteiger partial charge in [-0.1, -0.05) is 62.3 Å². The Morgan fingerprint density at radius 2 is 0.576 bits per heavy atom. The number of hydrogen-bond acceptors (Lipinski definition) is 12. The standard InChI is InChI=1S/3C24H40O4.Fe/c3*1-14(4-7-21(27)28)17-5-6-18-22-19(9-11-24(17,18)3)23(2)10-8-16(25)12-15(23)13-20(22)26;/h3*14-20,22,25-26H,4-13H2,1-3H3,(H,27,28);/q;;;+3/p-3/t3*14-,15?,16-,17-,18?,19?,20-,22?,23+,24-;/m111./s1. The number of aliphatic hydroxyl groups excluding tert-OH is 6. The molecular formula is C72H117FeO12. The first-order chi connectivity index (χ1) is 39.5. The molecule has 12 unspecified atom stereocenters. The summed E-state index contributed by atoms with van der Waals surface area (Å²) in [6, 6.07) is 0. The molecule has 13 heteroatoms. The van der Waals surface area contributed by atoms with Crippen LogP contribution in [-0.4, -0.2) is 85.2 Å². The Morgan fingerprint density at radius 1 is 0.353 bits per heavy atom. The summed E-state index contributed by atoms with van der Waals surface area (Å²) in [6.07, 6.45) is 26.7. The molecule has 0 aromatic rings. The Balaban J connectivity index is 0.000000152. The Hall–Kier alpha value is -1.31. The summed E-state index contributed by atoms with van der Waals surface area (Å²) in [7, 11) is 0. The van der Waals surface area contributed by atoms with Gasteiger partial charge in [0.1, 0.15) is 0 Å². The van der Waals surface area contributed by atoms with Crippen molar-refractivity contribution in [3.8, 4) is 0 Å². The number of fused-ring (bicyclic) bond motifs is 15. The van der Waals surface area contributed by atoms with E-state index in [1.165, 1.54) is 77.0 Å². The topological polar surface area (TPSA) is 242 Å². The van der Waals surface area contributed by atoms with E-state index in [0.29, 0.717) is 126 Å². The van der Waals surface area contributed by atoms with Crippen LogP contribution in [0.15, 0.2) is 0 Å². The molecule has 12 saturated carbocycles. The molecule has 0 aliphatic heterocycles. The molecule has 12 fully saturated rings. The van der Waals surface area contributed by atoms with Crippen molar-refractivity contribution in [1.82, 2.24) is 0 Å². The van der Waals surface area contributed by atoms with E-state index in [0.717, 1.165) is 77.0 Å². The van der Waals surface area contributed by atoms with Crippen molar-refractivity contribution >= 4 is 17.9 Å². The van der Waals surface area contributed by atoms with Gasteiger partial charge in [0, 0.05) is 17.9 Å². The zero-order valence-electron chi connectivity index (χ0n) is 54.1. The molecule has 12 aliphatic rings. The molecule has 12 nitrogen and oxygen atoms in total. The van der Waals surface area contributed by atoms with Crippen molar-refractivity contribution in [2.45, 2.75) is 292 Å². The Bertz CT molecular complexity index is 2070. The number of carbonyl (C=O) groups is 3. The van der Waals surface area contributed by atoms with E-state index < -0.39 is 17.9 Å². The molecule has 30 atom stereocenters. The van der Waals surface area contributed by atoms with E-state index in [2.05, 4.69) is 62.3 Å². The second-order valence-corrected chi connectivity index (χ2v) is 34.0. The monoisotopic (exact) mass is 1230 g/mol. The van der Waals surface area contributed by atoms with Gasteiger partial charge in [0.05, 0.1) is 36.6 Å². The first-order valence-corrected chi connectivity index (χ1v) is 35.2. The van der Waals surface area contributed by atoms with E-state index in [9.17, 15) is 60.3 Å². The summed E-state index contributed by atoms with van der Waals surface area (Å²) in [5, 5.41) is 97.1. The van der Waals surface area contributed by atoms with Crippen LogP contribution in [0.1, 0.15) is 255 Å². The molecule has 1 radical (unpaired) electrons. The second-order valence-electron chi connectivity index (χ2n) is 34.0. The summed E-state index contributed by atoms with van der Waals surface area (Å²) in [6.45, 7) is 21.3. The van der Waals surface area contributed by atoms with Gasteiger partial charge in [-0.05, 0) is 332 Å². The third-order valence-electron chi connectivity index (χ3n) is 30.7. The van der Waals surface area contributed by atoms with Crippen LogP contribution in [0.3, 0.4) is 0 Å². The van der Waals surface area contributed by atoms with Crippen molar-refractivity contribution in [2.24, 2.45) is 139 Å². The maximum absolute atomic E-state index is 11.2. The van der Waals surface area contributed by atoms with Gasteiger partial charge in [-0.25, -0.2) is 0 Å². The predicted octanol–water partition coefficient (Wildman–Crippen LogP) is 9.43. The van der Waals surface area contributed by atoms with Crippen LogP contribution >= 0.6 is 0 Å². The molecule has 12 aliphatic carbocycles. The maximum atomic E-state index is 11.2. The van der Waals surface area contributed by atoms with Crippen molar-refractivity contribution in [3.63, 3.8) is 0 Å². The van der Waals surface area contributed by atoms with Gasteiger partial charge in [-0.15, -0.1) is 0 Å². The Morgan fingerprint density at radius 3 is 0.812 bits per heavy atom. The zero-order chi connectivity index (χ0) is 60.8. The van der Waals surface area contributed by atoms with Gasteiger partial charge in [0.15, 0.2) is 0 Å². The van der Waals surface area contributed by atoms with Crippen LogP contribution in [0, 0.1) is 139 Å². The molecule has 12 rings (SSSR count). The molecule has 485 valence electrons. The first-order valence-electron chi connectivity index (χ1n) is 35.2. The molecule has 0 aromatic carbocycles. The number of rotatable bonds is 12. The van der Waals surface area contributed by atoms with Crippen molar-refractivity contribution in [3.05, 3.63) is 0 Å². The van der Waals surface area contributed by atoms with Crippen LogP contribution < -0.4 is 15.3 Å². The molecule has 0 heterocycles. The largest absolute Gasteiger partial charge is 3.00 e.